The van der Waals surface area contributed by atoms with E-state index in [4.69, 9.17) is 0 Å². The van der Waals surface area contributed by atoms with E-state index in [1.54, 1.807) is 0 Å². The highest BCUT2D eigenvalue weighted by Gasteiger charge is 1.90. The van der Waals surface area contributed by atoms with E-state index >= 15 is 0 Å². The van der Waals surface area contributed by atoms with Gasteiger partial charge in [-0.25, -0.2) is 0 Å². The van der Waals surface area contributed by atoms with E-state index in [0.717, 1.165) is 0 Å². The predicted octanol–water partition coefficient (Wildman–Crippen LogP) is 0.983. The highest BCUT2D eigenvalue weighted by atomic mass is 127. The lowest BCUT2D eigenvalue weighted by molar-refractivity contribution is -0.128. The molecule has 0 aliphatic carbocycles. The van der Waals surface area contributed by atoms with Crippen molar-refractivity contribution in [3.63, 3.8) is 0 Å². The van der Waals surface area contributed by atoms with Gasteiger partial charge in [0.15, 0.2) is 0 Å². The SMILES string of the molecule is CC(I)COC=O. The molecular weight excluding hydrogens is 207 g/mol. The smallest absolute Gasteiger partial charge is 0.293 e. The summed E-state index contributed by atoms with van der Waals surface area (Å²) in [7, 11) is 0. The van der Waals surface area contributed by atoms with Gasteiger partial charge in [0.05, 0.1) is 0 Å². The van der Waals surface area contributed by atoms with Crippen LogP contribution in [0.1, 0.15) is 6.92 Å². The third-order valence-electron chi connectivity index (χ3n) is 0.394. The van der Waals surface area contributed by atoms with Crippen LogP contribution in [0.4, 0.5) is 0 Å². The molecule has 7 heavy (non-hydrogen) atoms. The monoisotopic (exact) mass is 214 g/mol. The van der Waals surface area contributed by atoms with Gasteiger partial charge in [-0.2, -0.15) is 0 Å². The molecule has 1 atom stereocenters. The summed E-state index contributed by atoms with van der Waals surface area (Å²) in [6.07, 6.45) is 0. The topological polar surface area (TPSA) is 26.3 Å². The Bertz CT molecular complexity index is 53.7. The van der Waals surface area contributed by atoms with Gasteiger partial charge >= 0.3 is 0 Å². The molecule has 3 heteroatoms. The third kappa shape index (κ3) is 6.20. The summed E-state index contributed by atoms with van der Waals surface area (Å²) in [6.45, 7) is 2.96. The van der Waals surface area contributed by atoms with E-state index in [0.29, 0.717) is 17.0 Å². The summed E-state index contributed by atoms with van der Waals surface area (Å²) in [5.74, 6) is 0. The minimum Gasteiger partial charge on any atom is -0.467 e. The lowest BCUT2D eigenvalue weighted by atomic mass is 10.5. The Balaban J connectivity index is 2.81. The number of carbonyl (C=O) groups is 1. The first-order valence-corrected chi connectivity index (χ1v) is 3.21. The minimum absolute atomic E-state index is 0.419. The van der Waals surface area contributed by atoms with Crippen LogP contribution in [0.25, 0.3) is 0 Å². The van der Waals surface area contributed by atoms with Crippen molar-refractivity contribution < 1.29 is 9.53 Å². The van der Waals surface area contributed by atoms with Crippen molar-refractivity contribution >= 4 is 29.1 Å². The number of ether oxygens (including phenoxy) is 1. The van der Waals surface area contributed by atoms with Crippen LogP contribution in [-0.2, 0) is 9.53 Å². The molecular formula is C4H7IO2. The van der Waals surface area contributed by atoms with Crippen LogP contribution in [0.2, 0.25) is 0 Å². The zero-order valence-corrected chi connectivity index (χ0v) is 6.21. The Hall–Kier alpha value is 0.200. The van der Waals surface area contributed by atoms with Gasteiger partial charge in [-0.05, 0) is 0 Å². The molecule has 0 spiro atoms. The predicted molar refractivity (Wildman–Crippen MR) is 35.5 cm³/mol. The van der Waals surface area contributed by atoms with Crippen molar-refractivity contribution in [3.8, 4) is 0 Å². The highest BCUT2D eigenvalue weighted by Crippen LogP contribution is 1.96. The Morgan fingerprint density at radius 3 is 2.71 bits per heavy atom. The Morgan fingerprint density at radius 1 is 2.00 bits per heavy atom. The maximum Gasteiger partial charge on any atom is 0.293 e. The molecule has 0 aromatic rings. The number of carbonyl (C=O) groups excluding carboxylic acids is 1. The molecule has 0 aliphatic heterocycles. The second-order valence-electron chi connectivity index (χ2n) is 1.21. The summed E-state index contributed by atoms with van der Waals surface area (Å²) in [6, 6.07) is 0. The van der Waals surface area contributed by atoms with Crippen molar-refractivity contribution in [3.05, 3.63) is 0 Å². The average molecular weight is 214 g/mol. The lowest BCUT2D eigenvalue weighted by Gasteiger charge is -1.96. The number of hydrogen-bond acceptors (Lipinski definition) is 2. The molecule has 2 nitrogen and oxygen atoms in total. The molecule has 0 aromatic heterocycles. The zero-order chi connectivity index (χ0) is 5.70. The molecule has 1 unspecified atom stereocenters. The maximum absolute atomic E-state index is 9.48. The summed E-state index contributed by atoms with van der Waals surface area (Å²) in [5.41, 5.74) is 0. The van der Waals surface area contributed by atoms with Crippen molar-refractivity contribution in [1.29, 1.82) is 0 Å². The van der Waals surface area contributed by atoms with Gasteiger partial charge in [0.2, 0.25) is 0 Å². The van der Waals surface area contributed by atoms with E-state index in [1.165, 1.54) is 0 Å². The molecule has 42 valence electrons. The first-order valence-electron chi connectivity index (χ1n) is 1.96. The fourth-order valence-corrected chi connectivity index (χ4v) is 0.379. The quantitative estimate of drug-likeness (QED) is 0.397. The molecule has 0 saturated carbocycles. The van der Waals surface area contributed by atoms with Crippen LogP contribution in [0.3, 0.4) is 0 Å². The molecule has 0 aromatic carbocycles. The second-order valence-corrected chi connectivity index (χ2v) is 3.34. The van der Waals surface area contributed by atoms with Crippen LogP contribution in [0.5, 0.6) is 0 Å². The van der Waals surface area contributed by atoms with Crippen molar-refractivity contribution in [2.24, 2.45) is 0 Å². The molecule has 0 radical (unpaired) electrons. The zero-order valence-electron chi connectivity index (χ0n) is 4.06. The Labute approximate surface area is 56.4 Å². The summed E-state index contributed by atoms with van der Waals surface area (Å²) in [5, 5.41) is 0. The van der Waals surface area contributed by atoms with Crippen molar-refractivity contribution in [1.82, 2.24) is 0 Å². The van der Waals surface area contributed by atoms with E-state index in [1.807, 2.05) is 6.92 Å². The van der Waals surface area contributed by atoms with Gasteiger partial charge in [-0.3, -0.25) is 4.79 Å². The lowest BCUT2D eigenvalue weighted by Crippen LogP contribution is -2.01. The van der Waals surface area contributed by atoms with Gasteiger partial charge in [0, 0.05) is 3.92 Å². The summed E-state index contributed by atoms with van der Waals surface area (Å²) < 4.78 is 4.83. The second kappa shape index (κ2) is 4.36. The van der Waals surface area contributed by atoms with Crippen LogP contribution >= 0.6 is 22.6 Å². The van der Waals surface area contributed by atoms with Crippen molar-refractivity contribution in [2.45, 2.75) is 10.8 Å². The molecule has 0 aliphatic rings. The Morgan fingerprint density at radius 2 is 2.57 bits per heavy atom. The number of rotatable bonds is 3. The molecule has 0 bridgehead atoms. The fraction of sp³-hybridized carbons (Fsp3) is 0.750. The minimum atomic E-state index is 0.419. The molecule has 0 rings (SSSR count). The van der Waals surface area contributed by atoms with E-state index in [9.17, 15) is 4.79 Å². The first kappa shape index (κ1) is 7.20. The van der Waals surface area contributed by atoms with Gasteiger partial charge in [0.1, 0.15) is 6.61 Å². The standard InChI is InChI=1S/C4H7IO2/c1-4(5)2-7-3-6/h3-4H,2H2,1H3. The number of alkyl halides is 1. The van der Waals surface area contributed by atoms with Gasteiger partial charge < -0.3 is 4.74 Å². The average Bonchev–Trinajstić information content (AvgIpc) is 1.61. The molecule has 0 fully saturated rings. The Kier molecular flexibility index (Phi) is 4.49. The van der Waals surface area contributed by atoms with Crippen LogP contribution in [0.15, 0.2) is 0 Å². The van der Waals surface area contributed by atoms with Crippen molar-refractivity contribution in [2.75, 3.05) is 6.61 Å². The first-order chi connectivity index (χ1) is 3.27. The highest BCUT2D eigenvalue weighted by molar-refractivity contribution is 14.1. The summed E-state index contributed by atoms with van der Waals surface area (Å²) in [4.78, 5) is 9.48. The van der Waals surface area contributed by atoms with Crippen LogP contribution in [0, 0.1) is 0 Å². The van der Waals surface area contributed by atoms with E-state index in [2.05, 4.69) is 27.3 Å². The molecule has 0 saturated heterocycles. The van der Waals surface area contributed by atoms with Gasteiger partial charge in [-0.15, -0.1) is 0 Å². The van der Waals surface area contributed by atoms with Crippen LogP contribution in [-0.4, -0.2) is 17.0 Å². The fourth-order valence-electron chi connectivity index (χ4n) is 0.172. The normalized spacial score (nSPS) is 12.9. The van der Waals surface area contributed by atoms with Crippen LogP contribution < -0.4 is 0 Å². The largest absolute Gasteiger partial charge is 0.467 e. The van der Waals surface area contributed by atoms with Gasteiger partial charge in [-0.1, -0.05) is 29.5 Å². The third-order valence-corrected chi connectivity index (χ3v) is 0.754. The molecule has 0 amide bonds. The molecule has 0 N–H and O–H groups in total. The number of hydrogen-bond donors (Lipinski definition) is 0. The van der Waals surface area contributed by atoms with E-state index < -0.39 is 0 Å². The van der Waals surface area contributed by atoms with Gasteiger partial charge in [0.25, 0.3) is 6.47 Å². The maximum atomic E-state index is 9.48. The molecule has 0 heterocycles. The summed E-state index contributed by atoms with van der Waals surface area (Å²) >= 11 is 2.18. The number of halogens is 1. The van der Waals surface area contributed by atoms with E-state index in [-0.39, 0.29) is 0 Å².